The molecule has 0 heterocycles. The monoisotopic (exact) mass is 1060 g/mol. The zero-order chi connectivity index (χ0) is 58.1. The van der Waals surface area contributed by atoms with Crippen LogP contribution in [0.2, 0.25) is 0 Å². The van der Waals surface area contributed by atoms with E-state index in [9.17, 15) is 15.3 Å². The number of phenolic OH excluding ortho intramolecular Hbond substituents is 3. The highest BCUT2D eigenvalue weighted by atomic mass is 31.2. The van der Waals surface area contributed by atoms with Gasteiger partial charge in [0.25, 0.3) is 0 Å². The Balaban J connectivity index is 1.74. The second-order valence-corrected chi connectivity index (χ2v) is 30.1. The normalized spacial score (nSPS) is 13.0. The van der Waals surface area contributed by atoms with Gasteiger partial charge >= 0.3 is 7.82 Å². The third kappa shape index (κ3) is 14.0. The van der Waals surface area contributed by atoms with E-state index in [-0.39, 0.29) is 52.8 Å². The molecule has 0 unspecified atom stereocenters. The van der Waals surface area contributed by atoms with E-state index in [1.54, 1.807) is 0 Å². The van der Waals surface area contributed by atoms with Gasteiger partial charge in [0.15, 0.2) is 0 Å². The van der Waals surface area contributed by atoms with E-state index < -0.39 is 24.1 Å². The minimum Gasteiger partial charge on any atom is -0.507 e. The van der Waals surface area contributed by atoms with Gasteiger partial charge in [-0.1, -0.05) is 231 Å². The van der Waals surface area contributed by atoms with Gasteiger partial charge in [-0.15, -0.1) is 0 Å². The molecule has 77 heavy (non-hydrogen) atoms. The van der Waals surface area contributed by atoms with Crippen LogP contribution in [0.4, 0.5) is 0 Å². The van der Waals surface area contributed by atoms with E-state index in [1.165, 1.54) is 0 Å². The minimum absolute atomic E-state index is 0.213. The van der Waals surface area contributed by atoms with Gasteiger partial charge < -0.3 is 28.9 Å². The van der Waals surface area contributed by atoms with Gasteiger partial charge in [0, 0.05) is 36.0 Å². The lowest BCUT2D eigenvalue weighted by atomic mass is 9.81. The number of hydrogen-bond donors (Lipinski definition) is 3. The molecule has 0 saturated heterocycles. The lowest BCUT2D eigenvalue weighted by Gasteiger charge is -2.32. The molecule has 6 rings (SSSR count). The Bertz CT molecular complexity index is 2910. The highest BCUT2D eigenvalue weighted by Crippen LogP contribution is 2.58. The van der Waals surface area contributed by atoms with Gasteiger partial charge in [-0.05, 0) is 124 Å². The Hall–Kier alpha value is -5.65. The third-order valence-corrected chi connectivity index (χ3v) is 15.7. The molecule has 0 aliphatic heterocycles. The first-order valence-electron chi connectivity index (χ1n) is 27.6. The maximum atomic E-state index is 17.3. The van der Waals surface area contributed by atoms with Crippen LogP contribution in [0.25, 0.3) is 0 Å². The van der Waals surface area contributed by atoms with E-state index in [1.807, 2.05) is 96.1 Å². The van der Waals surface area contributed by atoms with Gasteiger partial charge in [-0.2, -0.15) is 4.57 Å². The SMILES string of the molecule is Cc1cc(Cc2cc(C)cc(C(C)(C)C)c2OP(=O)(Oc2c(Cc3cc(C)cc(C(C)(C)C)c3O)cc(C)cc2C(C)(C)C)Oc2c(Cc3cc(C)cc(C(C)(C)C)c3O)cc(C)cc2C(C)(C)C)c(O)c(C(C)(C)C)c1. The van der Waals surface area contributed by atoms with Crippen LogP contribution in [0.1, 0.15) is 225 Å². The van der Waals surface area contributed by atoms with Crippen LogP contribution in [-0.2, 0) is 56.3 Å². The zero-order valence-electron chi connectivity index (χ0n) is 51.5. The van der Waals surface area contributed by atoms with Gasteiger partial charge in [0.1, 0.15) is 34.5 Å². The number of phosphoric acid groups is 1. The Morgan fingerprint density at radius 2 is 0.468 bits per heavy atom. The summed E-state index contributed by atoms with van der Waals surface area (Å²) in [7, 11) is -4.97. The first-order chi connectivity index (χ1) is 35.0. The lowest BCUT2D eigenvalue weighted by Crippen LogP contribution is -2.21. The van der Waals surface area contributed by atoms with E-state index in [0.717, 1.165) is 66.8 Å². The van der Waals surface area contributed by atoms with Gasteiger partial charge in [-0.25, -0.2) is 0 Å². The van der Waals surface area contributed by atoms with Crippen LogP contribution in [0.3, 0.4) is 0 Å². The molecule has 0 aliphatic rings. The Kier molecular flexibility index (Phi) is 16.7. The Morgan fingerprint density at radius 1 is 0.299 bits per heavy atom. The van der Waals surface area contributed by atoms with Crippen LogP contribution < -0.4 is 13.6 Å². The van der Waals surface area contributed by atoms with Gasteiger partial charge in [0.05, 0.1) is 0 Å². The molecule has 3 N–H and O–H groups in total. The number of aryl methyl sites for hydroxylation is 6. The molecule has 0 aromatic heterocycles. The van der Waals surface area contributed by atoms with Crippen LogP contribution >= 0.6 is 7.82 Å². The first kappa shape index (κ1) is 60.6. The second kappa shape index (κ2) is 21.2. The average Bonchev–Trinajstić information content (AvgIpc) is 3.24. The summed E-state index contributed by atoms with van der Waals surface area (Å²) in [6.45, 7) is 50.1. The van der Waals surface area contributed by atoms with Crippen molar-refractivity contribution in [1.82, 2.24) is 0 Å². The number of benzene rings is 6. The van der Waals surface area contributed by atoms with Crippen molar-refractivity contribution in [2.24, 2.45) is 0 Å². The molecule has 0 fully saturated rings. The van der Waals surface area contributed by atoms with Crippen LogP contribution in [0, 0.1) is 41.5 Å². The summed E-state index contributed by atoms with van der Waals surface area (Å²) in [4.78, 5) is 0. The number of phenols is 3. The molecule has 0 aliphatic carbocycles. The van der Waals surface area contributed by atoms with Gasteiger partial charge in [0.2, 0.25) is 0 Å². The molecule has 416 valence electrons. The molecule has 6 aromatic carbocycles. The summed E-state index contributed by atoms with van der Waals surface area (Å²) in [6.07, 6.45) is 0.774. The first-order valence-corrected chi connectivity index (χ1v) is 29.0. The van der Waals surface area contributed by atoms with Crippen molar-refractivity contribution in [2.45, 2.75) is 218 Å². The van der Waals surface area contributed by atoms with Crippen molar-refractivity contribution >= 4 is 7.82 Å². The molecule has 0 bridgehead atoms. The maximum Gasteiger partial charge on any atom is 0.647 e. The Morgan fingerprint density at radius 3 is 0.649 bits per heavy atom. The quantitative estimate of drug-likeness (QED) is 0.105. The van der Waals surface area contributed by atoms with Crippen molar-refractivity contribution in [3.05, 3.63) is 173 Å². The fraction of sp³-hybridized carbons (Fsp3) is 0.478. The molecule has 0 spiro atoms. The zero-order valence-corrected chi connectivity index (χ0v) is 52.4. The molecule has 0 amide bonds. The van der Waals surface area contributed by atoms with Crippen molar-refractivity contribution in [2.75, 3.05) is 0 Å². The number of rotatable bonds is 12. The molecule has 0 radical (unpaired) electrons. The highest BCUT2D eigenvalue weighted by molar-refractivity contribution is 7.49. The number of aromatic hydroxyl groups is 3. The van der Waals surface area contributed by atoms with Crippen LogP contribution in [-0.4, -0.2) is 15.3 Å². The summed E-state index contributed by atoms with van der Waals surface area (Å²) in [5.41, 5.74) is 12.5. The summed E-state index contributed by atoms with van der Waals surface area (Å²) in [5.74, 6) is 1.68. The smallest absolute Gasteiger partial charge is 0.507 e. The topological polar surface area (TPSA) is 105 Å². The van der Waals surface area contributed by atoms with E-state index in [0.29, 0.717) is 50.6 Å². The number of hydrogen-bond acceptors (Lipinski definition) is 7. The summed E-state index contributed by atoms with van der Waals surface area (Å²) >= 11 is 0. The summed E-state index contributed by atoms with van der Waals surface area (Å²) in [6, 6.07) is 24.5. The van der Waals surface area contributed by atoms with Crippen LogP contribution in [0.5, 0.6) is 34.5 Å². The summed E-state index contributed by atoms with van der Waals surface area (Å²) < 4.78 is 39.4. The van der Waals surface area contributed by atoms with Gasteiger partial charge in [-0.3, -0.25) is 0 Å². The van der Waals surface area contributed by atoms with Crippen LogP contribution in [0.15, 0.2) is 72.8 Å². The fourth-order valence-electron chi connectivity index (χ4n) is 10.6. The predicted molar refractivity (Wildman–Crippen MR) is 322 cm³/mol. The third-order valence-electron chi connectivity index (χ3n) is 14.5. The maximum absolute atomic E-state index is 17.3. The fourth-order valence-corrected chi connectivity index (χ4v) is 12.1. The van der Waals surface area contributed by atoms with Crippen molar-refractivity contribution in [3.63, 3.8) is 0 Å². The largest absolute Gasteiger partial charge is 0.647 e. The van der Waals surface area contributed by atoms with E-state index in [2.05, 4.69) is 143 Å². The van der Waals surface area contributed by atoms with E-state index >= 15 is 4.57 Å². The van der Waals surface area contributed by atoms with Crippen molar-refractivity contribution < 1.29 is 33.5 Å². The number of phosphoric ester groups is 1. The minimum atomic E-state index is -4.97. The lowest BCUT2D eigenvalue weighted by molar-refractivity contribution is 0.288. The Labute approximate surface area is 464 Å². The van der Waals surface area contributed by atoms with E-state index in [4.69, 9.17) is 13.6 Å². The standard InChI is InChI=1S/C69H93O7P/c1-40-25-46(58(70)52(31-40)64(7,8)9)37-49-28-43(4)34-55(67(16,17)18)61(49)74-77(73,75-62-50(29-44(5)35-56(62)68(19,20)21)38-47-26-41(2)32-53(59(47)71)65(10,11)12)76-63-51(30-45(6)36-57(63)69(22,23)24)39-48-27-42(3)33-54(60(48)72)66(13,14)15/h25-36,70-72H,37-39H2,1-24H3. The summed E-state index contributed by atoms with van der Waals surface area (Å²) in [5, 5.41) is 36.3. The van der Waals surface area contributed by atoms with Crippen molar-refractivity contribution in [1.29, 1.82) is 0 Å². The predicted octanol–water partition coefficient (Wildman–Crippen LogP) is 18.9. The molecule has 6 aromatic rings. The van der Waals surface area contributed by atoms with Crippen molar-refractivity contribution in [3.8, 4) is 34.5 Å². The molecule has 0 saturated carbocycles. The molecule has 7 nitrogen and oxygen atoms in total. The molecule has 8 heteroatoms. The molecular weight excluding hydrogens is 972 g/mol. The second-order valence-electron chi connectivity index (χ2n) is 28.6. The molecular formula is C69H93O7P. The average molecular weight is 1070 g/mol. The molecule has 0 atom stereocenters. The highest BCUT2D eigenvalue weighted by Gasteiger charge is 2.42.